The van der Waals surface area contributed by atoms with E-state index in [1.807, 2.05) is 0 Å². The van der Waals surface area contributed by atoms with Crippen LogP contribution in [-0.4, -0.2) is 23.8 Å². The molecule has 1 N–H and O–H groups in total. The zero-order valence-electron chi connectivity index (χ0n) is 18.4. The summed E-state index contributed by atoms with van der Waals surface area (Å²) in [4.78, 5) is 11.1. The van der Waals surface area contributed by atoms with E-state index in [1.165, 1.54) is 45.4 Å². The Morgan fingerprint density at radius 1 is 1.21 bits per heavy atom. The Hall–Kier alpha value is -0.830. The third-order valence-corrected chi connectivity index (χ3v) is 9.72. The lowest BCUT2D eigenvalue weighted by atomic mass is 9.47. The fourth-order valence-corrected chi connectivity index (χ4v) is 8.21. The predicted molar refractivity (Wildman–Crippen MR) is 112 cm³/mol. The minimum Gasteiger partial charge on any atom is -0.466 e. The highest BCUT2D eigenvalue weighted by Crippen LogP contribution is 2.67. The Morgan fingerprint density at radius 3 is 2.75 bits per heavy atom. The maximum atomic E-state index is 11.1. The number of carbonyl (C=O) groups excluding carboxylic acids is 1. The van der Waals surface area contributed by atoms with Gasteiger partial charge in [-0.2, -0.15) is 0 Å². The molecular weight excluding hydrogens is 348 g/mol. The van der Waals surface area contributed by atoms with Crippen molar-refractivity contribution in [3.63, 3.8) is 0 Å². The molecule has 0 bridgehead atoms. The second-order valence-electron chi connectivity index (χ2n) is 11.0. The summed E-state index contributed by atoms with van der Waals surface area (Å²) >= 11 is 0. The van der Waals surface area contributed by atoms with Crippen LogP contribution in [-0.2, 0) is 9.53 Å². The van der Waals surface area contributed by atoms with Crippen molar-refractivity contribution in [2.24, 2.45) is 40.4 Å². The monoisotopic (exact) mass is 388 g/mol. The van der Waals surface area contributed by atoms with Gasteiger partial charge in [0, 0.05) is 6.92 Å². The van der Waals surface area contributed by atoms with E-state index in [9.17, 15) is 9.90 Å². The first-order valence-electron chi connectivity index (χ1n) is 11.8. The number of aliphatic hydroxyl groups is 1. The largest absolute Gasteiger partial charge is 0.466 e. The van der Waals surface area contributed by atoms with Gasteiger partial charge in [-0.3, -0.25) is 4.79 Å². The summed E-state index contributed by atoms with van der Waals surface area (Å²) in [7, 11) is 0. The van der Waals surface area contributed by atoms with Crippen molar-refractivity contribution in [1.82, 2.24) is 0 Å². The molecule has 0 heterocycles. The van der Waals surface area contributed by atoms with E-state index in [4.69, 9.17) is 4.74 Å². The fraction of sp³-hybridized carbons (Fsp3) is 0.880. The summed E-state index contributed by atoms with van der Waals surface area (Å²) in [6.07, 6.45) is 13.2. The number of hydrogen-bond acceptors (Lipinski definition) is 3. The van der Waals surface area contributed by atoms with Crippen LogP contribution in [0.5, 0.6) is 0 Å². The van der Waals surface area contributed by atoms with Crippen LogP contribution in [0, 0.1) is 40.4 Å². The number of allylic oxidation sites excluding steroid dienone is 1. The lowest BCUT2D eigenvalue weighted by Gasteiger charge is -2.58. The molecule has 3 saturated carbocycles. The van der Waals surface area contributed by atoms with Gasteiger partial charge in [0.15, 0.2) is 0 Å². The summed E-state index contributed by atoms with van der Waals surface area (Å²) < 4.78 is 5.24. The molecule has 0 aromatic carbocycles. The summed E-state index contributed by atoms with van der Waals surface area (Å²) in [5.74, 6) is 3.72. The summed E-state index contributed by atoms with van der Waals surface area (Å²) in [5.41, 5.74) is 2.36. The van der Waals surface area contributed by atoms with Crippen LogP contribution in [0.4, 0.5) is 0 Å². The van der Waals surface area contributed by atoms with Crippen LogP contribution >= 0.6 is 0 Å². The average molecular weight is 389 g/mol. The number of fused-ring (bicyclic) bond motifs is 5. The highest BCUT2D eigenvalue weighted by Gasteiger charge is 2.59. The Labute approximate surface area is 171 Å². The molecule has 4 aliphatic rings. The zero-order chi connectivity index (χ0) is 20.1. The molecule has 158 valence electrons. The van der Waals surface area contributed by atoms with E-state index in [1.54, 1.807) is 5.57 Å². The van der Waals surface area contributed by atoms with Gasteiger partial charge in [0.2, 0.25) is 0 Å². The van der Waals surface area contributed by atoms with Crippen molar-refractivity contribution in [2.75, 3.05) is 6.61 Å². The lowest BCUT2D eigenvalue weighted by Crippen LogP contribution is -2.50. The maximum Gasteiger partial charge on any atom is 0.302 e. The van der Waals surface area contributed by atoms with Crippen molar-refractivity contribution in [1.29, 1.82) is 0 Å². The third-order valence-electron chi connectivity index (χ3n) is 9.72. The van der Waals surface area contributed by atoms with Gasteiger partial charge in [-0.15, -0.1) is 0 Å². The molecule has 4 rings (SSSR count). The van der Waals surface area contributed by atoms with E-state index in [0.717, 1.165) is 42.9 Å². The normalized spacial score (nSPS) is 46.0. The average Bonchev–Trinajstić information content (AvgIpc) is 2.99. The van der Waals surface area contributed by atoms with E-state index in [-0.39, 0.29) is 12.1 Å². The molecule has 0 spiro atoms. The molecule has 4 aliphatic carbocycles. The Balaban J connectivity index is 1.50. The Kier molecular flexibility index (Phi) is 5.44. The molecule has 28 heavy (non-hydrogen) atoms. The van der Waals surface area contributed by atoms with Crippen LogP contribution in [0.2, 0.25) is 0 Å². The molecule has 0 unspecified atom stereocenters. The predicted octanol–water partition coefficient (Wildman–Crippen LogP) is 5.52. The minimum absolute atomic E-state index is 0.112. The number of esters is 1. The van der Waals surface area contributed by atoms with Crippen molar-refractivity contribution >= 4 is 5.97 Å². The smallest absolute Gasteiger partial charge is 0.302 e. The maximum absolute atomic E-state index is 11.1. The number of ether oxygens (including phenoxy) is 1. The molecular formula is C25H40O3. The molecule has 3 nitrogen and oxygen atoms in total. The highest BCUT2D eigenvalue weighted by molar-refractivity contribution is 5.65. The first kappa shape index (κ1) is 20.4. The quantitative estimate of drug-likeness (QED) is 0.510. The second-order valence-corrected chi connectivity index (χ2v) is 11.0. The van der Waals surface area contributed by atoms with Crippen molar-refractivity contribution in [3.05, 3.63) is 11.6 Å². The van der Waals surface area contributed by atoms with Gasteiger partial charge in [0.05, 0.1) is 12.7 Å². The number of carbonyl (C=O) groups is 1. The van der Waals surface area contributed by atoms with Crippen LogP contribution in [0.1, 0.15) is 85.5 Å². The van der Waals surface area contributed by atoms with Crippen molar-refractivity contribution in [2.45, 2.75) is 91.6 Å². The topological polar surface area (TPSA) is 46.5 Å². The molecule has 8 atom stereocenters. The van der Waals surface area contributed by atoms with Gasteiger partial charge in [-0.25, -0.2) is 0 Å². The van der Waals surface area contributed by atoms with E-state index < -0.39 is 0 Å². The van der Waals surface area contributed by atoms with Crippen LogP contribution in [0.3, 0.4) is 0 Å². The van der Waals surface area contributed by atoms with Crippen molar-refractivity contribution in [3.8, 4) is 0 Å². The second kappa shape index (κ2) is 7.45. The van der Waals surface area contributed by atoms with Crippen LogP contribution in [0.15, 0.2) is 11.6 Å². The van der Waals surface area contributed by atoms with Gasteiger partial charge in [-0.05, 0) is 98.2 Å². The zero-order valence-corrected chi connectivity index (χ0v) is 18.4. The lowest BCUT2D eigenvalue weighted by molar-refractivity contribution is -0.141. The Bertz CT molecular complexity index is 640. The van der Waals surface area contributed by atoms with Gasteiger partial charge in [-0.1, -0.05) is 32.4 Å². The van der Waals surface area contributed by atoms with Gasteiger partial charge >= 0.3 is 5.97 Å². The first-order valence-corrected chi connectivity index (χ1v) is 11.8. The minimum atomic E-state index is -0.154. The molecule has 0 aliphatic heterocycles. The van der Waals surface area contributed by atoms with Gasteiger partial charge in [0.1, 0.15) is 0 Å². The summed E-state index contributed by atoms with van der Waals surface area (Å²) in [6, 6.07) is 0. The molecule has 0 radical (unpaired) electrons. The number of hydrogen-bond donors (Lipinski definition) is 1. The molecule has 0 aromatic rings. The van der Waals surface area contributed by atoms with Crippen LogP contribution < -0.4 is 0 Å². The third kappa shape index (κ3) is 3.26. The number of aliphatic hydroxyl groups excluding tert-OH is 1. The highest BCUT2D eigenvalue weighted by atomic mass is 16.5. The molecule has 0 amide bonds. The van der Waals surface area contributed by atoms with E-state index >= 15 is 0 Å². The fourth-order valence-electron chi connectivity index (χ4n) is 8.21. The molecule has 0 saturated heterocycles. The standard InChI is InChI=1S/C25H40O3/c1-16(11-14-28-17(2)26)21-7-8-22-20-6-5-18-15-19(27)9-12-24(18,3)23(20)10-13-25(21,22)4/h5,16,19-23,27H,6-15H2,1-4H3/t16-,19+,20+,21-,22+,23+,24+,25-/m1/s1. The SMILES string of the molecule is CC(=O)OCC[C@@H](C)[C@H]1CC[C@H]2[C@@H]3CC=C4C[C@@H](O)CC[C@]4(C)[C@H]3CC[C@]12C. The van der Waals surface area contributed by atoms with Gasteiger partial charge < -0.3 is 9.84 Å². The Morgan fingerprint density at radius 2 is 2.00 bits per heavy atom. The van der Waals surface area contributed by atoms with Crippen molar-refractivity contribution < 1.29 is 14.6 Å². The first-order chi connectivity index (χ1) is 13.3. The summed E-state index contributed by atoms with van der Waals surface area (Å²) in [5, 5.41) is 10.2. The van der Waals surface area contributed by atoms with Crippen LogP contribution in [0.25, 0.3) is 0 Å². The number of rotatable bonds is 4. The summed E-state index contributed by atoms with van der Waals surface area (Å²) in [6.45, 7) is 9.57. The van der Waals surface area contributed by atoms with E-state index in [2.05, 4.69) is 26.8 Å². The molecule has 3 fully saturated rings. The molecule has 0 aromatic heterocycles. The van der Waals surface area contributed by atoms with Gasteiger partial charge in [0.25, 0.3) is 0 Å². The molecule has 3 heteroatoms. The van der Waals surface area contributed by atoms with E-state index in [0.29, 0.717) is 23.4 Å².